The molecule has 0 aromatic heterocycles. The normalized spacial score (nSPS) is 12.5. The van der Waals surface area contributed by atoms with Crippen LogP contribution in [0.1, 0.15) is 59.3 Å². The van der Waals surface area contributed by atoms with E-state index in [-0.39, 0.29) is 0 Å². The third kappa shape index (κ3) is 7.40. The summed E-state index contributed by atoms with van der Waals surface area (Å²) < 4.78 is 0.516. The lowest BCUT2D eigenvalue weighted by atomic mass is 9.96. The van der Waals surface area contributed by atoms with E-state index in [4.69, 9.17) is 0 Å². The smallest absolute Gasteiger partial charge is 0.0672 e. The van der Waals surface area contributed by atoms with Crippen molar-refractivity contribution in [3.05, 3.63) is 0 Å². The second-order valence-electron chi connectivity index (χ2n) is 3.85. The summed E-state index contributed by atoms with van der Waals surface area (Å²) in [6.45, 7) is 6.91. The lowest BCUT2D eigenvalue weighted by Crippen LogP contribution is -2.16. The zero-order chi connectivity index (χ0) is 10.3. The summed E-state index contributed by atoms with van der Waals surface area (Å²) in [5.41, 5.74) is 0. The molecular formula is C11H22I2. The molecule has 0 bridgehead atoms. The molecule has 0 saturated heterocycles. The van der Waals surface area contributed by atoms with E-state index in [1.165, 1.54) is 38.5 Å². The van der Waals surface area contributed by atoms with Crippen molar-refractivity contribution in [1.82, 2.24) is 0 Å². The Balaban J connectivity index is 3.83. The van der Waals surface area contributed by atoms with E-state index >= 15 is 0 Å². The fourth-order valence-electron chi connectivity index (χ4n) is 1.54. The summed E-state index contributed by atoms with van der Waals surface area (Å²) >= 11 is 5.30. The highest BCUT2D eigenvalue weighted by atomic mass is 127. The molecule has 0 radical (unpaired) electrons. The molecule has 0 unspecified atom stereocenters. The number of rotatable bonds is 7. The van der Waals surface area contributed by atoms with E-state index in [2.05, 4.69) is 66.0 Å². The number of alkyl halides is 2. The first-order valence-corrected chi connectivity index (χ1v) is 7.59. The Morgan fingerprint density at radius 2 is 1.62 bits per heavy atom. The van der Waals surface area contributed by atoms with Crippen molar-refractivity contribution in [3.63, 3.8) is 0 Å². The van der Waals surface area contributed by atoms with E-state index in [1.807, 2.05) is 0 Å². The molecule has 0 aromatic rings. The molecule has 0 N–H and O–H groups in total. The monoisotopic (exact) mass is 408 g/mol. The highest BCUT2D eigenvalue weighted by Gasteiger charge is 2.24. The summed E-state index contributed by atoms with van der Waals surface area (Å²) in [6, 6.07) is 0. The maximum atomic E-state index is 2.65. The largest absolute Gasteiger partial charge is 0.0737 e. The van der Waals surface area contributed by atoms with Crippen LogP contribution in [0.2, 0.25) is 0 Å². The topological polar surface area (TPSA) is 0 Å². The van der Waals surface area contributed by atoms with Gasteiger partial charge in [0.2, 0.25) is 0 Å². The highest BCUT2D eigenvalue weighted by Crippen LogP contribution is 2.40. The molecule has 0 saturated carbocycles. The molecule has 0 amide bonds. The summed E-state index contributed by atoms with van der Waals surface area (Å²) in [7, 11) is 0. The molecule has 13 heavy (non-hydrogen) atoms. The molecule has 0 heterocycles. The molecular weight excluding hydrogens is 386 g/mol. The zero-order valence-electron chi connectivity index (χ0n) is 9.08. The van der Waals surface area contributed by atoms with E-state index in [9.17, 15) is 0 Å². The Hall–Kier alpha value is 1.46. The number of hydrogen-bond donors (Lipinski definition) is 0. The number of halogens is 2. The average Bonchev–Trinajstić information content (AvgIpc) is 2.11. The van der Waals surface area contributed by atoms with Gasteiger partial charge in [0.1, 0.15) is 0 Å². The van der Waals surface area contributed by atoms with Crippen LogP contribution < -0.4 is 0 Å². The summed E-state index contributed by atoms with van der Waals surface area (Å²) in [4.78, 5) is 0. The molecule has 0 spiro atoms. The Labute approximate surface area is 111 Å². The van der Waals surface area contributed by atoms with Gasteiger partial charge in [0.15, 0.2) is 0 Å². The van der Waals surface area contributed by atoms with Gasteiger partial charge in [-0.2, -0.15) is 0 Å². The van der Waals surface area contributed by atoms with Crippen LogP contribution >= 0.6 is 45.2 Å². The maximum Gasteiger partial charge on any atom is 0.0737 e. The standard InChI is InChI=1S/C11H22I2/c1-4-7-8-11(12,13)9-10(5-2)6-3/h10H,4-9H2,1-3H3. The number of unbranched alkanes of at least 4 members (excludes halogenated alkanes) is 1. The van der Waals surface area contributed by atoms with Crippen LogP contribution in [0.4, 0.5) is 0 Å². The Morgan fingerprint density at radius 1 is 1.08 bits per heavy atom. The SMILES string of the molecule is CCCCC(I)(I)CC(CC)CC. The highest BCUT2D eigenvalue weighted by molar-refractivity contribution is 14.2. The Morgan fingerprint density at radius 3 is 2.00 bits per heavy atom. The molecule has 2 heteroatoms. The zero-order valence-corrected chi connectivity index (χ0v) is 13.4. The summed E-state index contributed by atoms with van der Waals surface area (Å²) in [5, 5.41) is 0. The van der Waals surface area contributed by atoms with Crippen molar-refractivity contribution < 1.29 is 0 Å². The fraction of sp³-hybridized carbons (Fsp3) is 1.00. The van der Waals surface area contributed by atoms with Crippen LogP contribution in [-0.4, -0.2) is 1.43 Å². The van der Waals surface area contributed by atoms with Gasteiger partial charge in [-0.3, -0.25) is 0 Å². The Bertz CT molecular complexity index is 117. The summed E-state index contributed by atoms with van der Waals surface area (Å²) in [5.74, 6) is 0.936. The van der Waals surface area contributed by atoms with Gasteiger partial charge in [-0.25, -0.2) is 0 Å². The van der Waals surface area contributed by atoms with E-state index < -0.39 is 0 Å². The van der Waals surface area contributed by atoms with Crippen LogP contribution in [0, 0.1) is 5.92 Å². The second kappa shape index (κ2) is 7.71. The third-order valence-corrected chi connectivity index (χ3v) is 4.60. The van der Waals surface area contributed by atoms with Gasteiger partial charge in [0, 0.05) is 0 Å². The van der Waals surface area contributed by atoms with E-state index in [0.717, 1.165) is 5.92 Å². The molecule has 80 valence electrons. The van der Waals surface area contributed by atoms with Gasteiger partial charge < -0.3 is 0 Å². The van der Waals surface area contributed by atoms with Crippen LogP contribution in [0.3, 0.4) is 0 Å². The van der Waals surface area contributed by atoms with Gasteiger partial charge in [-0.15, -0.1) is 0 Å². The number of hydrogen-bond acceptors (Lipinski definition) is 0. The fourth-order valence-corrected chi connectivity index (χ4v) is 3.55. The lowest BCUT2D eigenvalue weighted by molar-refractivity contribution is 0.437. The van der Waals surface area contributed by atoms with Crippen LogP contribution in [0.5, 0.6) is 0 Å². The van der Waals surface area contributed by atoms with Crippen LogP contribution in [0.25, 0.3) is 0 Å². The first kappa shape index (κ1) is 14.5. The lowest BCUT2D eigenvalue weighted by Gasteiger charge is -2.25. The quantitative estimate of drug-likeness (QED) is 0.382. The molecule has 0 rings (SSSR count). The van der Waals surface area contributed by atoms with Gasteiger partial charge in [-0.1, -0.05) is 91.6 Å². The van der Waals surface area contributed by atoms with E-state index in [1.54, 1.807) is 0 Å². The molecule has 0 aromatic carbocycles. The molecule has 0 atom stereocenters. The molecule has 0 nitrogen and oxygen atoms in total. The van der Waals surface area contributed by atoms with Gasteiger partial charge in [0.25, 0.3) is 0 Å². The summed E-state index contributed by atoms with van der Waals surface area (Å²) in [6.07, 6.45) is 8.16. The van der Waals surface area contributed by atoms with Crippen LogP contribution in [0.15, 0.2) is 0 Å². The van der Waals surface area contributed by atoms with Gasteiger partial charge in [0.05, 0.1) is 1.43 Å². The van der Waals surface area contributed by atoms with E-state index in [0.29, 0.717) is 1.43 Å². The first-order chi connectivity index (χ1) is 6.05. The minimum atomic E-state index is 0.516. The minimum absolute atomic E-state index is 0.516. The van der Waals surface area contributed by atoms with Crippen molar-refractivity contribution in [3.8, 4) is 0 Å². The maximum absolute atomic E-state index is 2.65. The molecule has 0 aliphatic carbocycles. The van der Waals surface area contributed by atoms with Crippen molar-refractivity contribution in [2.24, 2.45) is 5.92 Å². The predicted octanol–water partition coefficient (Wildman–Crippen LogP) is 5.57. The van der Waals surface area contributed by atoms with Crippen molar-refractivity contribution in [1.29, 1.82) is 0 Å². The van der Waals surface area contributed by atoms with Crippen molar-refractivity contribution in [2.75, 3.05) is 0 Å². The van der Waals surface area contributed by atoms with Crippen molar-refractivity contribution >= 4 is 45.2 Å². The van der Waals surface area contributed by atoms with Crippen LogP contribution in [-0.2, 0) is 0 Å². The molecule has 0 aliphatic heterocycles. The second-order valence-corrected chi connectivity index (χ2v) is 10.0. The third-order valence-electron chi connectivity index (χ3n) is 2.64. The van der Waals surface area contributed by atoms with Gasteiger partial charge in [-0.05, 0) is 18.8 Å². The molecule has 0 fully saturated rings. The minimum Gasteiger partial charge on any atom is -0.0672 e. The van der Waals surface area contributed by atoms with Crippen molar-refractivity contribution in [2.45, 2.75) is 60.7 Å². The average molecular weight is 408 g/mol. The Kier molecular flexibility index (Phi) is 8.58. The predicted molar refractivity (Wildman–Crippen MR) is 79.0 cm³/mol. The first-order valence-electron chi connectivity index (χ1n) is 5.43. The van der Waals surface area contributed by atoms with Gasteiger partial charge >= 0.3 is 0 Å². The molecule has 0 aliphatic rings.